The van der Waals surface area contributed by atoms with Crippen molar-refractivity contribution in [3.63, 3.8) is 0 Å². The van der Waals surface area contributed by atoms with E-state index in [2.05, 4.69) is 60.2 Å². The van der Waals surface area contributed by atoms with Crippen LogP contribution < -0.4 is 36.9 Å². The third kappa shape index (κ3) is 15.8. The number of halogens is 1. The number of anilines is 2. The van der Waals surface area contributed by atoms with Crippen molar-refractivity contribution >= 4 is 41.0 Å². The third-order valence-corrected chi connectivity index (χ3v) is 12.0. The number of pyridine rings is 2. The number of unbranched alkanes of at least 4 members (excludes halogenated alkanes) is 2. The molecule has 3 aromatic heterocycles. The second-order valence-corrected chi connectivity index (χ2v) is 16.7. The number of ether oxygens (including phenoxy) is 2. The lowest BCUT2D eigenvalue weighted by atomic mass is 9.79. The molecule has 1 saturated carbocycles. The number of benzene rings is 2. The minimum Gasteiger partial charge on any atom is -0.484 e. The molecule has 2 unspecified atom stereocenters. The summed E-state index contributed by atoms with van der Waals surface area (Å²) in [5.74, 6) is 1.64. The normalized spacial score (nSPS) is 15.3. The van der Waals surface area contributed by atoms with Gasteiger partial charge in [0.15, 0.2) is 35.7 Å². The van der Waals surface area contributed by atoms with Crippen LogP contribution in [0.2, 0.25) is 5.15 Å². The van der Waals surface area contributed by atoms with Crippen LogP contribution in [0.15, 0.2) is 97.3 Å². The fourth-order valence-corrected chi connectivity index (χ4v) is 8.32. The topological polar surface area (TPSA) is 209 Å². The first-order chi connectivity index (χ1) is 31.2. The summed E-state index contributed by atoms with van der Waals surface area (Å²) in [7, 11) is 0. The summed E-state index contributed by atoms with van der Waals surface area (Å²) in [6.45, 7) is 0.610. The van der Waals surface area contributed by atoms with E-state index in [0.29, 0.717) is 36.4 Å². The highest BCUT2D eigenvalue weighted by molar-refractivity contribution is 6.31. The smallest absolute Gasteiger partial charge is 0.274 e. The number of aryl methyl sites for hydroxylation is 2. The standard InChI is InChI=1S/C49H60ClN9O5/c50-46-48(52)59-47(51)45(58-46)49(62)57-38-17-9-14-37(22-23-38)36(13-8-11-35-20-26-42(27-21-35)64-33-44(61)56-31-40-16-5-7-29-54-40)12-3-1-2-10-34-18-24-41(25-19-34)63-32-43(60)55-30-39-15-4-6-28-53-39/h4-7,15-16,18-21,24-29,36-38H,1-3,8-14,17,22-23,30-33H2,(H,55,60)(H,56,61)(H,57,62)(H4,51,52,59)/t36?,37?,38-/m0/s1. The first kappa shape index (κ1) is 47.2. The van der Waals surface area contributed by atoms with Crippen molar-refractivity contribution in [3.8, 4) is 11.5 Å². The summed E-state index contributed by atoms with van der Waals surface area (Å²) < 4.78 is 11.5. The van der Waals surface area contributed by atoms with Gasteiger partial charge >= 0.3 is 0 Å². The molecule has 5 aromatic rings. The molecule has 3 atom stereocenters. The molecule has 15 heteroatoms. The SMILES string of the molecule is Nc1nc(N)c(C(=O)N[C@H]2CCCC(C(CCCCCc3ccc(OCC(=O)NCc4ccccn4)cc3)CCCc3ccc(OCC(=O)NCc4ccccn4)cc3)CC2)nc1Cl. The number of nitrogen functional groups attached to an aromatic ring is 2. The number of aromatic nitrogens is 4. The highest BCUT2D eigenvalue weighted by atomic mass is 35.5. The predicted octanol–water partition coefficient (Wildman–Crippen LogP) is 7.60. The molecule has 6 rings (SSSR count). The van der Waals surface area contributed by atoms with Crippen molar-refractivity contribution in [2.75, 3.05) is 24.7 Å². The van der Waals surface area contributed by atoms with E-state index >= 15 is 0 Å². The molecule has 0 bridgehead atoms. The molecule has 3 amide bonds. The van der Waals surface area contributed by atoms with Gasteiger partial charge in [-0.2, -0.15) is 0 Å². The number of hydrogen-bond donors (Lipinski definition) is 5. The Morgan fingerprint density at radius 1 is 0.656 bits per heavy atom. The van der Waals surface area contributed by atoms with Gasteiger partial charge < -0.3 is 36.9 Å². The molecule has 1 aliphatic rings. The van der Waals surface area contributed by atoms with Gasteiger partial charge in [-0.3, -0.25) is 24.4 Å². The number of nitrogens with two attached hydrogens (primary N) is 2. The largest absolute Gasteiger partial charge is 0.484 e. The van der Waals surface area contributed by atoms with Crippen molar-refractivity contribution in [2.45, 2.75) is 103 Å². The second-order valence-electron chi connectivity index (χ2n) is 16.4. The quantitative estimate of drug-likeness (QED) is 0.0319. The van der Waals surface area contributed by atoms with Gasteiger partial charge in [0.05, 0.1) is 24.5 Å². The average Bonchev–Trinajstić information content (AvgIpc) is 3.56. The second kappa shape index (κ2) is 25.1. The lowest BCUT2D eigenvalue weighted by Gasteiger charge is -2.27. The zero-order valence-corrected chi connectivity index (χ0v) is 37.1. The molecular formula is C49H60ClN9O5. The van der Waals surface area contributed by atoms with E-state index in [4.69, 9.17) is 32.5 Å². The van der Waals surface area contributed by atoms with Crippen LogP contribution in [-0.2, 0) is 35.5 Å². The lowest BCUT2D eigenvalue weighted by molar-refractivity contribution is -0.124. The fraction of sp³-hybridized carbons (Fsp3) is 0.408. The summed E-state index contributed by atoms with van der Waals surface area (Å²) in [5, 5.41) is 8.77. The average molecular weight is 891 g/mol. The van der Waals surface area contributed by atoms with Gasteiger partial charge in [0.2, 0.25) is 0 Å². The molecule has 1 aliphatic carbocycles. The lowest BCUT2D eigenvalue weighted by Crippen LogP contribution is -2.35. The fourth-order valence-electron chi connectivity index (χ4n) is 8.19. The van der Waals surface area contributed by atoms with Crippen LogP contribution in [0.25, 0.3) is 0 Å². The first-order valence-corrected chi connectivity index (χ1v) is 22.7. The monoisotopic (exact) mass is 889 g/mol. The summed E-state index contributed by atoms with van der Waals surface area (Å²) in [6.07, 6.45) is 17.0. The predicted molar refractivity (Wildman–Crippen MR) is 248 cm³/mol. The molecule has 2 aromatic carbocycles. The summed E-state index contributed by atoms with van der Waals surface area (Å²) >= 11 is 6.06. The van der Waals surface area contributed by atoms with Gasteiger partial charge in [-0.15, -0.1) is 0 Å². The van der Waals surface area contributed by atoms with E-state index in [-0.39, 0.29) is 59.5 Å². The number of nitrogens with one attached hydrogen (secondary N) is 3. The maximum Gasteiger partial charge on any atom is 0.274 e. The molecule has 14 nitrogen and oxygen atoms in total. The van der Waals surface area contributed by atoms with Crippen LogP contribution in [0.1, 0.15) is 104 Å². The zero-order chi connectivity index (χ0) is 44.9. The van der Waals surface area contributed by atoms with Crippen LogP contribution in [0.5, 0.6) is 11.5 Å². The number of rotatable bonds is 23. The van der Waals surface area contributed by atoms with Crippen molar-refractivity contribution < 1.29 is 23.9 Å². The van der Waals surface area contributed by atoms with Gasteiger partial charge in [-0.1, -0.05) is 80.1 Å². The Bertz CT molecular complexity index is 2220. The summed E-state index contributed by atoms with van der Waals surface area (Å²) in [5.41, 5.74) is 15.8. The Labute approximate surface area is 380 Å². The van der Waals surface area contributed by atoms with E-state index in [9.17, 15) is 14.4 Å². The Balaban J connectivity index is 0.955. The molecule has 0 saturated heterocycles. The maximum absolute atomic E-state index is 13.2. The number of hydrogen-bond acceptors (Lipinski definition) is 11. The molecular weight excluding hydrogens is 830 g/mol. The number of carbonyl (C=O) groups is 3. The molecule has 64 heavy (non-hydrogen) atoms. The van der Waals surface area contributed by atoms with E-state index in [1.54, 1.807) is 12.4 Å². The minimum atomic E-state index is -0.380. The third-order valence-electron chi connectivity index (χ3n) is 11.7. The number of nitrogens with zero attached hydrogens (tertiary/aromatic N) is 4. The van der Waals surface area contributed by atoms with Crippen molar-refractivity contribution in [1.82, 2.24) is 35.9 Å². The van der Waals surface area contributed by atoms with Gasteiger partial charge in [-0.25, -0.2) is 9.97 Å². The molecule has 1 fully saturated rings. The van der Waals surface area contributed by atoms with Crippen molar-refractivity contribution in [2.24, 2.45) is 11.8 Å². The summed E-state index contributed by atoms with van der Waals surface area (Å²) in [4.78, 5) is 54.3. The van der Waals surface area contributed by atoms with Crippen LogP contribution in [0.3, 0.4) is 0 Å². The molecule has 0 radical (unpaired) electrons. The van der Waals surface area contributed by atoms with Gasteiger partial charge in [-0.05, 0) is 123 Å². The molecule has 7 N–H and O–H groups in total. The molecule has 338 valence electrons. The minimum absolute atomic E-state index is 0.00108. The Morgan fingerprint density at radius 2 is 1.23 bits per heavy atom. The highest BCUT2D eigenvalue weighted by Crippen LogP contribution is 2.35. The molecule has 0 spiro atoms. The Hall–Kier alpha value is -6.28. The Kier molecular flexibility index (Phi) is 18.5. The van der Waals surface area contributed by atoms with E-state index < -0.39 is 0 Å². The van der Waals surface area contributed by atoms with Gasteiger partial charge in [0, 0.05) is 18.4 Å². The van der Waals surface area contributed by atoms with Gasteiger partial charge in [0.1, 0.15) is 11.5 Å². The summed E-state index contributed by atoms with van der Waals surface area (Å²) in [6, 6.07) is 27.2. The van der Waals surface area contributed by atoms with Crippen LogP contribution in [0.4, 0.5) is 11.6 Å². The first-order valence-electron chi connectivity index (χ1n) is 22.3. The molecule has 3 heterocycles. The van der Waals surface area contributed by atoms with E-state index in [1.807, 2.05) is 60.7 Å². The highest BCUT2D eigenvalue weighted by Gasteiger charge is 2.27. The van der Waals surface area contributed by atoms with E-state index in [0.717, 1.165) is 94.9 Å². The number of carbonyl (C=O) groups excluding carboxylic acids is 3. The zero-order valence-electron chi connectivity index (χ0n) is 36.4. The van der Waals surface area contributed by atoms with Gasteiger partial charge in [0.25, 0.3) is 17.7 Å². The maximum atomic E-state index is 13.2. The Morgan fingerprint density at radius 3 is 1.81 bits per heavy atom. The van der Waals surface area contributed by atoms with Crippen LogP contribution >= 0.6 is 11.6 Å². The van der Waals surface area contributed by atoms with Crippen LogP contribution in [-0.4, -0.2) is 56.9 Å². The van der Waals surface area contributed by atoms with Crippen LogP contribution in [0, 0.1) is 11.8 Å². The van der Waals surface area contributed by atoms with E-state index in [1.165, 1.54) is 11.1 Å². The van der Waals surface area contributed by atoms with Crippen molar-refractivity contribution in [1.29, 1.82) is 0 Å². The van der Waals surface area contributed by atoms with Crippen molar-refractivity contribution in [3.05, 3.63) is 131 Å². The number of amides is 3. The molecule has 0 aliphatic heterocycles.